The van der Waals surface area contributed by atoms with Gasteiger partial charge in [0.25, 0.3) is 0 Å². The van der Waals surface area contributed by atoms with E-state index in [1.165, 1.54) is 33.3 Å². The van der Waals surface area contributed by atoms with E-state index < -0.39 is 84.3 Å². The van der Waals surface area contributed by atoms with Crippen molar-refractivity contribution < 1.29 is 67.6 Å². The summed E-state index contributed by atoms with van der Waals surface area (Å²) in [6.07, 6.45) is 19.3. The summed E-state index contributed by atoms with van der Waals surface area (Å²) in [5.74, 6) is -3.74. The zero-order valence-electron chi connectivity index (χ0n) is 48.2. The van der Waals surface area contributed by atoms with Crippen molar-refractivity contribution in [2.24, 2.45) is 35.5 Å². The second-order valence-electron chi connectivity index (χ2n) is 22.5. The van der Waals surface area contributed by atoms with Gasteiger partial charge >= 0.3 is 11.9 Å². The number of nitrogens with zero attached hydrogens (tertiary/aromatic N) is 1. The van der Waals surface area contributed by atoms with Crippen LogP contribution >= 0.6 is 0 Å². The Bertz CT molecular complexity index is 1950. The first kappa shape index (κ1) is 65.0. The van der Waals surface area contributed by atoms with E-state index in [-0.39, 0.29) is 67.0 Å². The van der Waals surface area contributed by atoms with E-state index in [2.05, 4.69) is 26.1 Å². The van der Waals surface area contributed by atoms with E-state index >= 15 is 0 Å². The number of amides is 1. The lowest BCUT2D eigenvalue weighted by Gasteiger charge is -2.51. The molecule has 19 atom stereocenters. The van der Waals surface area contributed by atoms with Crippen molar-refractivity contribution in [3.63, 3.8) is 0 Å². The van der Waals surface area contributed by atoms with E-state index in [1.807, 2.05) is 83.1 Å². The molecule has 3 saturated heterocycles. The van der Waals surface area contributed by atoms with E-state index in [4.69, 9.17) is 37.9 Å². The highest BCUT2D eigenvalue weighted by Crippen LogP contribution is 2.47. The van der Waals surface area contributed by atoms with Crippen LogP contribution in [0.2, 0.25) is 0 Å². The van der Waals surface area contributed by atoms with Gasteiger partial charge in [-0.25, -0.2) is 9.59 Å². The largest absolute Gasteiger partial charge is 0.459 e. The summed E-state index contributed by atoms with van der Waals surface area (Å²) in [6.45, 7) is 16.9. The maximum absolute atomic E-state index is 13.7. The molecule has 1 amide bonds. The lowest BCUT2D eigenvalue weighted by Crippen LogP contribution is -2.58. The topological polar surface area (TPSA) is 204 Å². The summed E-state index contributed by atoms with van der Waals surface area (Å²) in [5, 5.41) is 37.4. The summed E-state index contributed by atoms with van der Waals surface area (Å²) in [7, 11) is 8.70. The molecule has 4 aliphatic heterocycles. The van der Waals surface area contributed by atoms with Gasteiger partial charge in [0.15, 0.2) is 5.79 Å². The Morgan fingerprint density at radius 1 is 0.855 bits per heavy atom. The van der Waals surface area contributed by atoms with Crippen LogP contribution in [0.4, 0.5) is 0 Å². The maximum Gasteiger partial charge on any atom is 0.334 e. The van der Waals surface area contributed by atoms with Gasteiger partial charge in [-0.05, 0) is 65.6 Å². The minimum atomic E-state index is -1.06. The minimum Gasteiger partial charge on any atom is -0.459 e. The summed E-state index contributed by atoms with van der Waals surface area (Å²) in [6, 6.07) is 0. The molecule has 16 heteroatoms. The molecule has 19 unspecified atom stereocenters. The Balaban J connectivity index is 1.59. The first-order chi connectivity index (χ1) is 36.2. The van der Waals surface area contributed by atoms with E-state index in [1.54, 1.807) is 25.3 Å². The van der Waals surface area contributed by atoms with E-state index in [0.29, 0.717) is 31.7 Å². The van der Waals surface area contributed by atoms with Gasteiger partial charge in [0, 0.05) is 107 Å². The standard InChI is InChI=1S/C60H98N2O14/c1-14-22-41(5)56-58(74-56)57(71-13)44(8)49-25-20-30-60(75-49)37-53-43(7)51(76-60)35-47(64)38(2)23-18-16-15-17-19-24-50(70-12)52(73-59(68)42(6)33-54(66)61-31-21-32-62(9)10)36-48(65)39(3)26-28-45(69-11)34-46(63)40(4)27-29-55(67)72-53/h15-19,23,26-29,33,38-41,43-53,56-58,63-65H,14,20-22,24-25,30-32,34-37H2,1-13H3,(H,61,66)/b16-15-,19-17+,23-18+,28-26+,29-27-,42-33-. The van der Waals surface area contributed by atoms with Crippen molar-refractivity contribution in [2.75, 3.05) is 48.5 Å². The van der Waals surface area contributed by atoms with Crippen LogP contribution in [0.15, 0.2) is 72.4 Å². The lowest BCUT2D eigenvalue weighted by atomic mass is 9.80. The van der Waals surface area contributed by atoms with Gasteiger partial charge in [-0.1, -0.05) is 110 Å². The molecule has 4 aliphatic rings. The first-order valence-corrected chi connectivity index (χ1v) is 28.2. The average Bonchev–Trinajstić information content (AvgIpc) is 4.18. The molecule has 16 nitrogen and oxygen atoms in total. The third-order valence-corrected chi connectivity index (χ3v) is 16.0. The molecule has 0 aliphatic carbocycles. The molecule has 4 rings (SSSR count). The average molecular weight is 1070 g/mol. The highest BCUT2D eigenvalue weighted by atomic mass is 16.7. The molecule has 0 aromatic heterocycles. The number of methoxy groups -OCH3 is 3. The molecule has 1 spiro atoms. The Hall–Kier alpha value is -3.55. The van der Waals surface area contributed by atoms with Crippen LogP contribution < -0.4 is 5.32 Å². The molecule has 0 saturated carbocycles. The summed E-state index contributed by atoms with van der Waals surface area (Å²) < 4.78 is 50.3. The molecule has 0 aromatic carbocycles. The van der Waals surface area contributed by atoms with Crippen molar-refractivity contribution in [1.82, 2.24) is 10.2 Å². The number of aliphatic hydroxyl groups is 3. The number of allylic oxidation sites excluding steroid dienone is 4. The smallest absolute Gasteiger partial charge is 0.334 e. The van der Waals surface area contributed by atoms with Crippen LogP contribution in [0.25, 0.3) is 0 Å². The molecule has 3 fully saturated rings. The van der Waals surface area contributed by atoms with E-state index in [0.717, 1.165) is 38.6 Å². The van der Waals surface area contributed by atoms with Crippen molar-refractivity contribution in [3.8, 4) is 0 Å². The van der Waals surface area contributed by atoms with E-state index in [9.17, 15) is 29.7 Å². The normalized spacial score (nSPS) is 38.0. The Morgan fingerprint density at radius 2 is 1.54 bits per heavy atom. The van der Waals surface area contributed by atoms with Crippen molar-refractivity contribution in [2.45, 2.75) is 205 Å². The molecule has 0 aromatic rings. The summed E-state index contributed by atoms with van der Waals surface area (Å²) in [5.41, 5.74) is 0.105. The van der Waals surface area contributed by atoms with Crippen molar-refractivity contribution >= 4 is 17.8 Å². The number of epoxide rings is 1. The highest BCUT2D eigenvalue weighted by Gasteiger charge is 2.55. The second-order valence-corrected chi connectivity index (χ2v) is 22.5. The van der Waals surface area contributed by atoms with Crippen LogP contribution in [-0.2, 0) is 52.3 Å². The monoisotopic (exact) mass is 1070 g/mol. The Morgan fingerprint density at radius 3 is 2.22 bits per heavy atom. The van der Waals surface area contributed by atoms with Crippen LogP contribution in [0.3, 0.4) is 0 Å². The fraction of sp³-hybridized carbons (Fsp3) is 0.750. The molecule has 432 valence electrons. The highest BCUT2D eigenvalue weighted by molar-refractivity contribution is 5.98. The number of aliphatic hydroxyl groups excluding tert-OH is 3. The number of carbonyl (C=O) groups excluding carboxylic acids is 3. The third kappa shape index (κ3) is 20.6. The minimum absolute atomic E-state index is 0.00661. The van der Waals surface area contributed by atoms with Gasteiger partial charge in [-0.3, -0.25) is 4.79 Å². The number of nitrogens with one attached hydrogen (secondary N) is 1. The van der Waals surface area contributed by atoms with Gasteiger partial charge in [0.05, 0.1) is 54.9 Å². The van der Waals surface area contributed by atoms with Gasteiger partial charge < -0.3 is 63.4 Å². The van der Waals surface area contributed by atoms with Crippen LogP contribution in [-0.4, -0.2) is 166 Å². The second kappa shape index (κ2) is 32.5. The fourth-order valence-electron chi connectivity index (χ4n) is 10.7. The van der Waals surface area contributed by atoms with Crippen LogP contribution in [0, 0.1) is 35.5 Å². The van der Waals surface area contributed by atoms with Crippen molar-refractivity contribution in [3.05, 3.63) is 72.4 Å². The zero-order chi connectivity index (χ0) is 56.1. The number of carbonyl (C=O) groups is 3. The first-order valence-electron chi connectivity index (χ1n) is 28.2. The Kier molecular flexibility index (Phi) is 27.8. The molecule has 4 N–H and O–H groups in total. The molecule has 0 radical (unpaired) electrons. The van der Waals surface area contributed by atoms with Gasteiger partial charge in [0.1, 0.15) is 18.3 Å². The number of rotatable bonds is 16. The third-order valence-electron chi connectivity index (χ3n) is 16.0. The molecule has 2 bridgehead atoms. The number of esters is 2. The summed E-state index contributed by atoms with van der Waals surface area (Å²) >= 11 is 0. The molecular formula is C60H98N2O14. The molecular weight excluding hydrogens is 973 g/mol. The molecule has 76 heavy (non-hydrogen) atoms. The van der Waals surface area contributed by atoms with Crippen molar-refractivity contribution in [1.29, 1.82) is 0 Å². The fourth-order valence-corrected chi connectivity index (χ4v) is 10.7. The van der Waals surface area contributed by atoms with Crippen LogP contribution in [0.5, 0.6) is 0 Å². The number of hydrogen-bond acceptors (Lipinski definition) is 15. The molecule has 4 heterocycles. The number of fused-ring (bicyclic) bond motifs is 2. The van der Waals surface area contributed by atoms with Gasteiger partial charge in [-0.2, -0.15) is 0 Å². The predicted octanol–water partition coefficient (Wildman–Crippen LogP) is 7.75. The number of ether oxygens (including phenoxy) is 8. The number of hydrogen-bond donors (Lipinski definition) is 4. The predicted molar refractivity (Wildman–Crippen MR) is 294 cm³/mol. The SMILES string of the molecule is CCCC(C)C1OC1C(OC)C(C)C1CCCC2(CC3OC(=O)/C=C\C(C)C(O)CC(OC)/C=C/C(C)C(O)CC(OC(=O)/C(C)=C\C(=O)NCCCN(C)C)C(OC)C/C=C/C=C\C=C\C(C)C(O)CC(O2)C3C)O1. The van der Waals surface area contributed by atoms with Gasteiger partial charge in [0.2, 0.25) is 5.91 Å². The quantitative estimate of drug-likeness (QED) is 0.0384. The summed E-state index contributed by atoms with van der Waals surface area (Å²) in [4.78, 5) is 41.9. The maximum atomic E-state index is 13.7. The lowest BCUT2D eigenvalue weighted by molar-refractivity contribution is -0.347. The zero-order valence-corrected chi connectivity index (χ0v) is 48.2. The van der Waals surface area contributed by atoms with Gasteiger partial charge in [-0.15, -0.1) is 0 Å². The Labute approximate surface area is 455 Å². The van der Waals surface area contributed by atoms with Crippen LogP contribution in [0.1, 0.15) is 126 Å².